The Bertz CT molecular complexity index is 555. The monoisotopic (exact) mass is 307 g/mol. The highest BCUT2D eigenvalue weighted by Crippen LogP contribution is 2.28. The van der Waals surface area contributed by atoms with Gasteiger partial charge >= 0.3 is 5.97 Å². The van der Waals surface area contributed by atoms with Crippen LogP contribution in [0.4, 0.5) is 0 Å². The van der Waals surface area contributed by atoms with Crippen molar-refractivity contribution < 1.29 is 24.2 Å². The van der Waals surface area contributed by atoms with E-state index in [0.29, 0.717) is 17.9 Å². The van der Waals surface area contributed by atoms with Gasteiger partial charge in [-0.05, 0) is 31.0 Å². The zero-order chi connectivity index (χ0) is 16.7. The van der Waals surface area contributed by atoms with Crippen molar-refractivity contribution in [2.75, 3.05) is 20.8 Å². The molecule has 1 amide bonds. The predicted molar refractivity (Wildman–Crippen MR) is 82.3 cm³/mol. The van der Waals surface area contributed by atoms with Crippen molar-refractivity contribution in [3.63, 3.8) is 0 Å². The number of nitrogens with zero attached hydrogens (tertiary/aromatic N) is 1. The van der Waals surface area contributed by atoms with E-state index in [0.717, 1.165) is 10.5 Å². The maximum absolute atomic E-state index is 11.9. The highest BCUT2D eigenvalue weighted by Gasteiger charge is 2.22. The van der Waals surface area contributed by atoms with Crippen LogP contribution in [0.25, 0.3) is 0 Å². The van der Waals surface area contributed by atoms with E-state index < -0.39 is 17.9 Å². The Morgan fingerprint density at radius 1 is 1.41 bits per heavy atom. The van der Waals surface area contributed by atoms with Gasteiger partial charge in [0.05, 0.1) is 7.11 Å². The Kier molecular flexibility index (Phi) is 6.44. The zero-order valence-electron chi connectivity index (χ0n) is 13.0. The first-order chi connectivity index (χ1) is 10.4. The second-order valence-corrected chi connectivity index (χ2v) is 4.79. The van der Waals surface area contributed by atoms with Crippen LogP contribution in [0.3, 0.4) is 0 Å². The number of carbonyl (C=O) groups is 2. The lowest BCUT2D eigenvalue weighted by atomic mass is 10.1. The molecule has 1 aromatic carbocycles. The maximum Gasteiger partial charge on any atom is 0.326 e. The molecule has 0 aliphatic rings. The molecule has 0 saturated carbocycles. The van der Waals surface area contributed by atoms with Crippen LogP contribution in [0.5, 0.6) is 11.5 Å². The first kappa shape index (κ1) is 17.6. The number of carboxylic acid groups (broad SMARTS) is 1. The minimum absolute atomic E-state index is 0.259. The Balaban J connectivity index is 2.73. The lowest BCUT2D eigenvalue weighted by molar-refractivity contribution is -0.148. The van der Waals surface area contributed by atoms with Crippen molar-refractivity contribution in [3.05, 3.63) is 36.4 Å². The smallest absolute Gasteiger partial charge is 0.326 e. The third-order valence-corrected chi connectivity index (χ3v) is 3.29. The molecule has 0 saturated heterocycles. The second-order valence-electron chi connectivity index (χ2n) is 4.79. The second kappa shape index (κ2) is 8.07. The van der Waals surface area contributed by atoms with Gasteiger partial charge < -0.3 is 19.5 Å². The SMILES string of the molecule is C=CCc1ccc(OCC(=O)N(C)C(C)C(=O)O)c(OC)c1. The quantitative estimate of drug-likeness (QED) is 0.740. The Hall–Kier alpha value is -2.50. The van der Waals surface area contributed by atoms with E-state index in [-0.39, 0.29) is 6.61 Å². The third-order valence-electron chi connectivity index (χ3n) is 3.29. The third kappa shape index (κ3) is 4.51. The molecule has 22 heavy (non-hydrogen) atoms. The molecule has 0 fully saturated rings. The number of ether oxygens (including phenoxy) is 2. The Labute approximate surface area is 129 Å². The summed E-state index contributed by atoms with van der Waals surface area (Å²) in [6, 6.07) is 4.47. The highest BCUT2D eigenvalue weighted by molar-refractivity contribution is 5.84. The number of rotatable bonds is 8. The van der Waals surface area contributed by atoms with Gasteiger partial charge in [0.15, 0.2) is 18.1 Å². The summed E-state index contributed by atoms with van der Waals surface area (Å²) in [5.74, 6) is -0.546. The summed E-state index contributed by atoms with van der Waals surface area (Å²) >= 11 is 0. The molecule has 6 heteroatoms. The molecule has 0 aliphatic heterocycles. The molecule has 6 nitrogen and oxygen atoms in total. The standard InChI is InChI=1S/C16H21NO5/c1-5-6-12-7-8-13(14(9-12)21-4)22-10-15(18)17(3)11(2)16(19)20/h5,7-9,11H,1,6,10H2,2-4H3,(H,19,20). The summed E-state index contributed by atoms with van der Waals surface area (Å²) in [5.41, 5.74) is 1.02. The van der Waals surface area contributed by atoms with E-state index >= 15 is 0 Å². The molecule has 0 spiro atoms. The average molecular weight is 307 g/mol. The van der Waals surface area contributed by atoms with Crippen molar-refractivity contribution >= 4 is 11.9 Å². The average Bonchev–Trinajstić information content (AvgIpc) is 2.51. The van der Waals surface area contributed by atoms with Crippen LogP contribution >= 0.6 is 0 Å². The topological polar surface area (TPSA) is 76.1 Å². The van der Waals surface area contributed by atoms with Gasteiger partial charge in [-0.15, -0.1) is 6.58 Å². The first-order valence-corrected chi connectivity index (χ1v) is 6.79. The first-order valence-electron chi connectivity index (χ1n) is 6.79. The van der Waals surface area contributed by atoms with Gasteiger partial charge in [-0.25, -0.2) is 4.79 Å². The van der Waals surface area contributed by atoms with E-state index in [9.17, 15) is 9.59 Å². The number of allylic oxidation sites excluding steroid dienone is 1. The van der Waals surface area contributed by atoms with Gasteiger partial charge in [-0.1, -0.05) is 12.1 Å². The number of hydrogen-bond acceptors (Lipinski definition) is 4. The van der Waals surface area contributed by atoms with Gasteiger partial charge in [0.1, 0.15) is 6.04 Å². The molecule has 0 heterocycles. The van der Waals surface area contributed by atoms with Gasteiger partial charge in [0.2, 0.25) is 0 Å². The summed E-state index contributed by atoms with van der Waals surface area (Å²) in [6.07, 6.45) is 2.48. The lowest BCUT2D eigenvalue weighted by Crippen LogP contribution is -2.42. The number of methoxy groups -OCH3 is 1. The van der Waals surface area contributed by atoms with Gasteiger partial charge in [-0.2, -0.15) is 0 Å². The van der Waals surface area contributed by atoms with Crippen LogP contribution in [-0.4, -0.2) is 48.7 Å². The molecule has 0 aliphatic carbocycles. The van der Waals surface area contributed by atoms with E-state index in [1.54, 1.807) is 12.1 Å². The van der Waals surface area contributed by atoms with E-state index in [1.807, 2.05) is 12.1 Å². The fourth-order valence-corrected chi connectivity index (χ4v) is 1.75. The van der Waals surface area contributed by atoms with Crippen LogP contribution < -0.4 is 9.47 Å². The van der Waals surface area contributed by atoms with E-state index in [4.69, 9.17) is 14.6 Å². The number of likely N-dealkylation sites (N-methyl/N-ethyl adjacent to an activating group) is 1. The van der Waals surface area contributed by atoms with Crippen LogP contribution in [0.2, 0.25) is 0 Å². The lowest BCUT2D eigenvalue weighted by Gasteiger charge is -2.21. The summed E-state index contributed by atoms with van der Waals surface area (Å²) in [4.78, 5) is 23.9. The maximum atomic E-state index is 11.9. The van der Waals surface area contributed by atoms with Crippen LogP contribution in [0.15, 0.2) is 30.9 Å². The van der Waals surface area contributed by atoms with Crippen molar-refractivity contribution in [1.29, 1.82) is 0 Å². The van der Waals surface area contributed by atoms with Gasteiger partial charge in [-0.3, -0.25) is 4.79 Å². The summed E-state index contributed by atoms with van der Waals surface area (Å²) in [6.45, 7) is 4.85. The molecule has 0 bridgehead atoms. The number of hydrogen-bond donors (Lipinski definition) is 1. The van der Waals surface area contributed by atoms with Crippen molar-refractivity contribution in [1.82, 2.24) is 4.90 Å². The zero-order valence-corrected chi connectivity index (χ0v) is 13.0. The molecule has 1 rings (SSSR count). The molecule has 1 unspecified atom stereocenters. The molecule has 1 atom stereocenters. The van der Waals surface area contributed by atoms with E-state index in [1.165, 1.54) is 21.1 Å². The van der Waals surface area contributed by atoms with Crippen molar-refractivity contribution in [2.45, 2.75) is 19.4 Å². The van der Waals surface area contributed by atoms with Gasteiger partial charge in [0, 0.05) is 7.05 Å². The highest BCUT2D eigenvalue weighted by atomic mass is 16.5. The molecule has 0 radical (unpaired) electrons. The normalized spacial score (nSPS) is 11.4. The number of aliphatic carboxylic acids is 1. The summed E-state index contributed by atoms with van der Waals surface area (Å²) in [5, 5.41) is 8.89. The molecule has 1 N–H and O–H groups in total. The fraction of sp³-hybridized carbons (Fsp3) is 0.375. The minimum atomic E-state index is -1.07. The van der Waals surface area contributed by atoms with Gasteiger partial charge in [0.25, 0.3) is 5.91 Å². The van der Waals surface area contributed by atoms with Crippen LogP contribution in [-0.2, 0) is 16.0 Å². The summed E-state index contributed by atoms with van der Waals surface area (Å²) < 4.78 is 10.7. The van der Waals surface area contributed by atoms with Crippen LogP contribution in [0, 0.1) is 0 Å². The largest absolute Gasteiger partial charge is 0.493 e. The Morgan fingerprint density at radius 3 is 2.64 bits per heavy atom. The number of amides is 1. The molecule has 0 aromatic heterocycles. The molecular weight excluding hydrogens is 286 g/mol. The molecule has 1 aromatic rings. The number of carboxylic acids is 1. The van der Waals surface area contributed by atoms with Crippen molar-refractivity contribution in [3.8, 4) is 11.5 Å². The fourth-order valence-electron chi connectivity index (χ4n) is 1.75. The Morgan fingerprint density at radius 2 is 2.09 bits per heavy atom. The van der Waals surface area contributed by atoms with E-state index in [2.05, 4.69) is 6.58 Å². The number of carbonyl (C=O) groups excluding carboxylic acids is 1. The molecule has 120 valence electrons. The van der Waals surface area contributed by atoms with Crippen molar-refractivity contribution in [2.24, 2.45) is 0 Å². The molecular formula is C16H21NO5. The van der Waals surface area contributed by atoms with Crippen LogP contribution in [0.1, 0.15) is 12.5 Å². The predicted octanol–water partition coefficient (Wildman–Crippen LogP) is 1.73. The number of benzene rings is 1. The minimum Gasteiger partial charge on any atom is -0.493 e. The summed E-state index contributed by atoms with van der Waals surface area (Å²) in [7, 11) is 2.94.